The van der Waals surface area contributed by atoms with E-state index in [4.69, 9.17) is 4.99 Å². The smallest absolute Gasteiger partial charge is 0.147 e. The standard InChI is InChI=1S/C25H33N3.C5H12/c1-5-6-12-18(2)19(3)17-20(4)26-25-22-15-10-11-16-23(22)27-24(28-25)21-13-8-7-9-14-21;1-3-5-4-2/h7-11,13-19,24,27H,5-6,12H2,1-4H3,(H,26,28);3-5H2,1-2H3/b20-17+;. The van der Waals surface area contributed by atoms with Gasteiger partial charge in [-0.05, 0) is 36.5 Å². The number of nitrogens with one attached hydrogen (secondary N) is 2. The minimum atomic E-state index is -0.0766. The first-order valence-electron chi connectivity index (χ1n) is 12.9. The summed E-state index contributed by atoms with van der Waals surface area (Å²) in [4.78, 5) is 4.99. The van der Waals surface area contributed by atoms with Crippen LogP contribution in [-0.2, 0) is 0 Å². The van der Waals surface area contributed by atoms with Crippen LogP contribution in [0, 0.1) is 11.8 Å². The summed E-state index contributed by atoms with van der Waals surface area (Å²) in [7, 11) is 0. The molecule has 180 valence electrons. The molecule has 3 unspecified atom stereocenters. The highest BCUT2D eigenvalue weighted by atomic mass is 15.2. The molecule has 0 fully saturated rings. The average Bonchev–Trinajstić information content (AvgIpc) is 2.83. The number of allylic oxidation sites excluding steroid dienone is 2. The van der Waals surface area contributed by atoms with Gasteiger partial charge in [-0.25, -0.2) is 4.99 Å². The van der Waals surface area contributed by atoms with Gasteiger partial charge < -0.3 is 10.6 Å². The molecule has 33 heavy (non-hydrogen) atoms. The highest BCUT2D eigenvalue weighted by molar-refractivity contribution is 6.05. The van der Waals surface area contributed by atoms with Crippen LogP contribution >= 0.6 is 0 Å². The van der Waals surface area contributed by atoms with Crippen molar-refractivity contribution in [3.05, 3.63) is 77.5 Å². The summed E-state index contributed by atoms with van der Waals surface area (Å²) in [6.45, 7) is 13.5. The van der Waals surface area contributed by atoms with E-state index < -0.39 is 0 Å². The van der Waals surface area contributed by atoms with Crippen molar-refractivity contribution in [1.82, 2.24) is 5.32 Å². The Bertz CT molecular complexity index is 867. The Balaban J connectivity index is 0.000000696. The zero-order chi connectivity index (χ0) is 24.1. The van der Waals surface area contributed by atoms with Crippen molar-refractivity contribution in [1.29, 1.82) is 0 Å². The van der Waals surface area contributed by atoms with Crippen LogP contribution in [0.15, 0.2) is 71.4 Å². The minimum Gasteiger partial charge on any atom is -0.359 e. The van der Waals surface area contributed by atoms with E-state index in [1.807, 2.05) is 6.07 Å². The molecule has 3 atom stereocenters. The van der Waals surface area contributed by atoms with E-state index in [1.165, 1.54) is 44.1 Å². The van der Waals surface area contributed by atoms with E-state index >= 15 is 0 Å². The summed E-state index contributed by atoms with van der Waals surface area (Å²) in [5.41, 5.74) is 4.57. The molecule has 1 heterocycles. The number of unbranched alkanes of at least 4 members (excludes halogenated alkanes) is 3. The molecule has 0 bridgehead atoms. The lowest BCUT2D eigenvalue weighted by Crippen LogP contribution is -2.30. The van der Waals surface area contributed by atoms with E-state index in [0.29, 0.717) is 11.8 Å². The van der Waals surface area contributed by atoms with Gasteiger partial charge in [0.2, 0.25) is 0 Å². The number of benzene rings is 2. The lowest BCUT2D eigenvalue weighted by Gasteiger charge is -2.27. The van der Waals surface area contributed by atoms with Crippen molar-refractivity contribution in [2.45, 2.75) is 86.2 Å². The van der Waals surface area contributed by atoms with Crippen molar-refractivity contribution in [2.24, 2.45) is 16.8 Å². The summed E-state index contributed by atoms with van der Waals surface area (Å²) in [6.07, 6.45) is 10.2. The maximum atomic E-state index is 4.99. The predicted octanol–water partition coefficient (Wildman–Crippen LogP) is 8.71. The maximum Gasteiger partial charge on any atom is 0.147 e. The van der Waals surface area contributed by atoms with E-state index in [0.717, 1.165) is 22.8 Å². The Hall–Kier alpha value is -2.55. The summed E-state index contributed by atoms with van der Waals surface area (Å²) in [5, 5.41) is 7.14. The molecular weight excluding hydrogens is 402 g/mol. The number of fused-ring (bicyclic) bond motifs is 1. The van der Waals surface area contributed by atoms with Crippen LogP contribution in [0.5, 0.6) is 0 Å². The molecule has 3 heteroatoms. The third kappa shape index (κ3) is 8.72. The van der Waals surface area contributed by atoms with Crippen molar-refractivity contribution in [2.75, 3.05) is 5.32 Å². The van der Waals surface area contributed by atoms with Gasteiger partial charge in [0, 0.05) is 16.9 Å². The fourth-order valence-electron chi connectivity index (χ4n) is 4.02. The second-order valence-electron chi connectivity index (χ2n) is 9.29. The third-order valence-electron chi connectivity index (χ3n) is 6.29. The third-order valence-corrected chi connectivity index (χ3v) is 6.29. The fraction of sp³-hybridized carbons (Fsp3) is 0.500. The van der Waals surface area contributed by atoms with Crippen LogP contribution in [0.4, 0.5) is 5.69 Å². The second kappa shape index (κ2) is 14.6. The average molecular weight is 448 g/mol. The lowest BCUT2D eigenvalue weighted by atomic mass is 9.90. The van der Waals surface area contributed by atoms with Crippen molar-refractivity contribution < 1.29 is 0 Å². The first-order chi connectivity index (χ1) is 16.0. The zero-order valence-electron chi connectivity index (χ0n) is 21.7. The Morgan fingerprint density at radius 2 is 1.58 bits per heavy atom. The first-order valence-corrected chi connectivity index (χ1v) is 12.9. The maximum absolute atomic E-state index is 4.99. The molecule has 3 nitrogen and oxygen atoms in total. The van der Waals surface area contributed by atoms with E-state index in [9.17, 15) is 0 Å². The molecule has 0 amide bonds. The molecule has 2 aromatic carbocycles. The van der Waals surface area contributed by atoms with Crippen molar-refractivity contribution in [3.63, 3.8) is 0 Å². The number of hydrogen-bond donors (Lipinski definition) is 2. The van der Waals surface area contributed by atoms with Gasteiger partial charge in [-0.3, -0.25) is 0 Å². The normalized spacial score (nSPS) is 17.0. The predicted molar refractivity (Wildman–Crippen MR) is 146 cm³/mol. The molecule has 0 saturated carbocycles. The number of hydrogen-bond acceptors (Lipinski definition) is 3. The molecule has 2 N–H and O–H groups in total. The number of rotatable bonds is 9. The summed E-state index contributed by atoms with van der Waals surface area (Å²) in [6, 6.07) is 18.8. The molecule has 1 aliphatic heterocycles. The van der Waals surface area contributed by atoms with Gasteiger partial charge in [-0.2, -0.15) is 0 Å². The number of amidine groups is 1. The largest absolute Gasteiger partial charge is 0.359 e. The zero-order valence-corrected chi connectivity index (χ0v) is 21.7. The summed E-state index contributed by atoms with van der Waals surface area (Å²) >= 11 is 0. The van der Waals surface area contributed by atoms with Crippen LogP contribution in [0.3, 0.4) is 0 Å². The van der Waals surface area contributed by atoms with Crippen molar-refractivity contribution >= 4 is 11.5 Å². The Morgan fingerprint density at radius 3 is 2.21 bits per heavy atom. The van der Waals surface area contributed by atoms with Gasteiger partial charge in [0.15, 0.2) is 0 Å². The number of anilines is 1. The number of aliphatic imine (C=N–C) groups is 1. The van der Waals surface area contributed by atoms with Gasteiger partial charge in [0.05, 0.1) is 0 Å². The molecular formula is C30H45N3. The molecule has 0 aromatic heterocycles. The Morgan fingerprint density at radius 1 is 0.939 bits per heavy atom. The van der Waals surface area contributed by atoms with Gasteiger partial charge in [0.25, 0.3) is 0 Å². The second-order valence-corrected chi connectivity index (χ2v) is 9.29. The first kappa shape index (κ1) is 26.7. The minimum absolute atomic E-state index is 0.0766. The quantitative estimate of drug-likeness (QED) is 0.403. The van der Waals surface area contributed by atoms with Crippen molar-refractivity contribution in [3.8, 4) is 0 Å². The van der Waals surface area contributed by atoms with E-state index in [2.05, 4.69) is 107 Å². The Kier molecular flexibility index (Phi) is 11.8. The van der Waals surface area contributed by atoms with E-state index in [1.54, 1.807) is 0 Å². The van der Waals surface area contributed by atoms with Crippen LogP contribution in [0.25, 0.3) is 0 Å². The lowest BCUT2D eigenvalue weighted by molar-refractivity contribution is 0.411. The Labute approximate surface area is 202 Å². The monoisotopic (exact) mass is 447 g/mol. The number of nitrogens with zero attached hydrogens (tertiary/aromatic N) is 1. The highest BCUT2D eigenvalue weighted by Crippen LogP contribution is 2.29. The molecule has 2 aromatic rings. The van der Waals surface area contributed by atoms with Crippen LogP contribution in [0.2, 0.25) is 0 Å². The molecule has 1 aliphatic rings. The summed E-state index contributed by atoms with van der Waals surface area (Å²) < 4.78 is 0. The fourth-order valence-corrected chi connectivity index (χ4v) is 4.02. The molecule has 0 spiro atoms. The molecule has 3 rings (SSSR count). The molecule has 0 aliphatic carbocycles. The van der Waals surface area contributed by atoms with E-state index in [-0.39, 0.29) is 6.17 Å². The van der Waals surface area contributed by atoms with Crippen LogP contribution in [-0.4, -0.2) is 5.84 Å². The van der Waals surface area contributed by atoms with Crippen LogP contribution < -0.4 is 10.6 Å². The van der Waals surface area contributed by atoms with Gasteiger partial charge in [-0.15, -0.1) is 0 Å². The van der Waals surface area contributed by atoms with Gasteiger partial charge >= 0.3 is 0 Å². The SMILES string of the molecule is CCCCC.CCCCC(C)C(C)/C=C(\C)NC1=NC(c2ccccc2)Nc2ccccc21. The molecule has 0 saturated heterocycles. The highest BCUT2D eigenvalue weighted by Gasteiger charge is 2.21. The topological polar surface area (TPSA) is 36.4 Å². The number of para-hydroxylation sites is 1. The molecule has 0 radical (unpaired) electrons. The van der Waals surface area contributed by atoms with Gasteiger partial charge in [-0.1, -0.05) is 122 Å². The summed E-state index contributed by atoms with van der Waals surface area (Å²) in [5.74, 6) is 2.17. The van der Waals surface area contributed by atoms with Gasteiger partial charge in [0.1, 0.15) is 12.0 Å². The van der Waals surface area contributed by atoms with Crippen LogP contribution in [0.1, 0.15) is 97.4 Å².